The van der Waals surface area contributed by atoms with Crippen LogP contribution in [-0.2, 0) is 0 Å². The van der Waals surface area contributed by atoms with Crippen LogP contribution in [0.25, 0.3) is 11.5 Å². The van der Waals surface area contributed by atoms with Gasteiger partial charge in [0.25, 0.3) is 5.89 Å². The molecule has 0 saturated heterocycles. The van der Waals surface area contributed by atoms with E-state index in [9.17, 15) is 8.78 Å². The normalized spacial score (nSPS) is 13.0. The highest BCUT2D eigenvalue weighted by molar-refractivity contribution is 5.54. The number of benzene rings is 1. The van der Waals surface area contributed by atoms with Crippen molar-refractivity contribution in [3.8, 4) is 11.5 Å². The molecule has 1 heterocycles. The van der Waals surface area contributed by atoms with Gasteiger partial charge >= 0.3 is 0 Å². The average Bonchev–Trinajstić information content (AvgIpc) is 2.77. The standard InChI is InChI=1S/C12H13F2N3O/c1-6(2)10(15)11-16-12(18-17-11)9-7(13)4-3-5-8(9)14/h3-6,10H,15H2,1-2H3. The number of rotatable bonds is 3. The fraction of sp³-hybridized carbons (Fsp3) is 0.333. The van der Waals surface area contributed by atoms with Crippen LogP contribution < -0.4 is 5.73 Å². The van der Waals surface area contributed by atoms with Gasteiger partial charge in [0, 0.05) is 0 Å². The Balaban J connectivity index is 2.41. The summed E-state index contributed by atoms with van der Waals surface area (Å²) in [6, 6.07) is 3.10. The molecule has 1 aromatic heterocycles. The Morgan fingerprint density at radius 1 is 1.22 bits per heavy atom. The van der Waals surface area contributed by atoms with Crippen molar-refractivity contribution >= 4 is 0 Å². The van der Waals surface area contributed by atoms with Crippen molar-refractivity contribution in [2.24, 2.45) is 11.7 Å². The van der Waals surface area contributed by atoms with Crippen LogP contribution in [0, 0.1) is 17.6 Å². The third kappa shape index (κ3) is 2.24. The van der Waals surface area contributed by atoms with Gasteiger partial charge in [-0.1, -0.05) is 25.1 Å². The summed E-state index contributed by atoms with van der Waals surface area (Å²) >= 11 is 0. The van der Waals surface area contributed by atoms with Gasteiger partial charge in [-0.25, -0.2) is 8.78 Å². The van der Waals surface area contributed by atoms with Crippen molar-refractivity contribution in [2.45, 2.75) is 19.9 Å². The third-order valence-electron chi connectivity index (χ3n) is 2.63. The summed E-state index contributed by atoms with van der Waals surface area (Å²) in [7, 11) is 0. The van der Waals surface area contributed by atoms with E-state index < -0.39 is 17.7 Å². The predicted molar refractivity (Wildman–Crippen MR) is 61.4 cm³/mol. The molecule has 0 aliphatic carbocycles. The van der Waals surface area contributed by atoms with Crippen LogP contribution in [-0.4, -0.2) is 10.1 Å². The van der Waals surface area contributed by atoms with Crippen molar-refractivity contribution in [2.75, 3.05) is 0 Å². The molecule has 2 aromatic rings. The van der Waals surface area contributed by atoms with Gasteiger partial charge in [-0.3, -0.25) is 0 Å². The van der Waals surface area contributed by atoms with Gasteiger partial charge in [-0.05, 0) is 18.1 Å². The van der Waals surface area contributed by atoms with Gasteiger partial charge in [0.05, 0.1) is 6.04 Å². The Hall–Kier alpha value is -1.82. The van der Waals surface area contributed by atoms with Crippen molar-refractivity contribution in [3.05, 3.63) is 35.7 Å². The Labute approximate surface area is 103 Å². The lowest BCUT2D eigenvalue weighted by Crippen LogP contribution is -2.18. The molecule has 0 amide bonds. The maximum absolute atomic E-state index is 13.5. The molecule has 0 saturated carbocycles. The van der Waals surface area contributed by atoms with Gasteiger partial charge in [-0.15, -0.1) is 0 Å². The first-order chi connectivity index (χ1) is 8.50. The van der Waals surface area contributed by atoms with Crippen LogP contribution in [0.5, 0.6) is 0 Å². The Bertz CT molecular complexity index is 534. The SMILES string of the molecule is CC(C)C(N)c1noc(-c2c(F)cccc2F)n1. The van der Waals surface area contributed by atoms with Crippen molar-refractivity contribution in [3.63, 3.8) is 0 Å². The van der Waals surface area contributed by atoms with Gasteiger partial charge in [0.15, 0.2) is 5.82 Å². The second-order valence-electron chi connectivity index (χ2n) is 4.32. The minimum Gasteiger partial charge on any atom is -0.334 e. The smallest absolute Gasteiger partial charge is 0.263 e. The molecule has 4 nitrogen and oxygen atoms in total. The van der Waals surface area contributed by atoms with Crippen LogP contribution in [0.4, 0.5) is 8.78 Å². The van der Waals surface area contributed by atoms with Crippen LogP contribution >= 0.6 is 0 Å². The number of hydrogen-bond acceptors (Lipinski definition) is 4. The molecular formula is C12H13F2N3O. The summed E-state index contributed by atoms with van der Waals surface area (Å²) in [5, 5.41) is 3.65. The number of nitrogens with two attached hydrogens (primary N) is 1. The highest BCUT2D eigenvalue weighted by Gasteiger charge is 2.21. The van der Waals surface area contributed by atoms with E-state index in [0.29, 0.717) is 0 Å². The quantitative estimate of drug-likeness (QED) is 0.913. The van der Waals surface area contributed by atoms with E-state index in [0.717, 1.165) is 12.1 Å². The van der Waals surface area contributed by atoms with E-state index >= 15 is 0 Å². The van der Waals surface area contributed by atoms with E-state index in [2.05, 4.69) is 10.1 Å². The first-order valence-electron chi connectivity index (χ1n) is 5.54. The summed E-state index contributed by atoms with van der Waals surface area (Å²) in [4.78, 5) is 3.94. The van der Waals surface area contributed by atoms with Crippen LogP contribution in [0.1, 0.15) is 25.7 Å². The van der Waals surface area contributed by atoms with Crippen molar-refractivity contribution in [1.82, 2.24) is 10.1 Å². The zero-order chi connectivity index (χ0) is 13.3. The summed E-state index contributed by atoms with van der Waals surface area (Å²) in [6.45, 7) is 3.79. The summed E-state index contributed by atoms with van der Waals surface area (Å²) < 4.78 is 31.9. The lowest BCUT2D eigenvalue weighted by molar-refractivity contribution is 0.397. The van der Waals surface area contributed by atoms with E-state index in [1.165, 1.54) is 6.07 Å². The van der Waals surface area contributed by atoms with Gasteiger partial charge in [0.1, 0.15) is 17.2 Å². The molecule has 1 atom stereocenters. The molecule has 0 spiro atoms. The summed E-state index contributed by atoms with van der Waals surface area (Å²) in [5.41, 5.74) is 5.51. The maximum atomic E-state index is 13.5. The minimum absolute atomic E-state index is 0.0981. The van der Waals surface area contributed by atoms with Gasteiger partial charge < -0.3 is 10.3 Å². The molecule has 18 heavy (non-hydrogen) atoms. The zero-order valence-electron chi connectivity index (χ0n) is 10.0. The predicted octanol–water partition coefficient (Wildman–Crippen LogP) is 2.67. The van der Waals surface area contributed by atoms with E-state index in [1.54, 1.807) is 0 Å². The molecule has 1 unspecified atom stereocenters. The third-order valence-corrected chi connectivity index (χ3v) is 2.63. The number of hydrogen-bond donors (Lipinski definition) is 1. The number of aromatic nitrogens is 2. The Morgan fingerprint density at radius 2 is 1.83 bits per heavy atom. The average molecular weight is 253 g/mol. The minimum atomic E-state index is -0.747. The highest BCUT2D eigenvalue weighted by atomic mass is 19.1. The first kappa shape index (κ1) is 12.6. The molecule has 2 rings (SSSR count). The number of halogens is 2. The van der Waals surface area contributed by atoms with Crippen molar-refractivity contribution < 1.29 is 13.3 Å². The topological polar surface area (TPSA) is 64.9 Å². The molecule has 0 aliphatic heterocycles. The monoisotopic (exact) mass is 253 g/mol. The molecule has 0 radical (unpaired) electrons. The molecule has 1 aromatic carbocycles. The molecule has 2 N–H and O–H groups in total. The van der Waals surface area contributed by atoms with E-state index in [4.69, 9.17) is 10.3 Å². The largest absolute Gasteiger partial charge is 0.334 e. The molecule has 0 fully saturated rings. The van der Waals surface area contributed by atoms with E-state index in [1.807, 2.05) is 13.8 Å². The highest BCUT2D eigenvalue weighted by Crippen LogP contribution is 2.26. The maximum Gasteiger partial charge on any atom is 0.263 e. The number of nitrogens with zero attached hydrogens (tertiary/aromatic N) is 2. The lowest BCUT2D eigenvalue weighted by atomic mass is 10.1. The molecule has 0 aliphatic rings. The van der Waals surface area contributed by atoms with Crippen molar-refractivity contribution in [1.29, 1.82) is 0 Å². The Kier molecular flexibility index (Phi) is 3.38. The second kappa shape index (κ2) is 4.81. The van der Waals surface area contributed by atoms with Crippen LogP contribution in [0.2, 0.25) is 0 Å². The lowest BCUT2D eigenvalue weighted by Gasteiger charge is -2.09. The van der Waals surface area contributed by atoms with Crippen LogP contribution in [0.15, 0.2) is 22.7 Å². The summed E-state index contributed by atoms with van der Waals surface area (Å²) in [6.07, 6.45) is 0. The van der Waals surface area contributed by atoms with Gasteiger partial charge in [0.2, 0.25) is 0 Å². The van der Waals surface area contributed by atoms with E-state index in [-0.39, 0.29) is 23.2 Å². The second-order valence-corrected chi connectivity index (χ2v) is 4.32. The van der Waals surface area contributed by atoms with Gasteiger partial charge in [-0.2, -0.15) is 4.98 Å². The summed E-state index contributed by atoms with van der Waals surface area (Å²) in [5.74, 6) is -1.35. The molecule has 96 valence electrons. The zero-order valence-corrected chi connectivity index (χ0v) is 10.0. The molecule has 0 bridgehead atoms. The van der Waals surface area contributed by atoms with Crippen LogP contribution in [0.3, 0.4) is 0 Å². The fourth-order valence-corrected chi connectivity index (χ4v) is 1.47. The molecular weight excluding hydrogens is 240 g/mol. The first-order valence-corrected chi connectivity index (χ1v) is 5.54. The Morgan fingerprint density at radius 3 is 2.39 bits per heavy atom. The molecule has 6 heteroatoms. The fourth-order valence-electron chi connectivity index (χ4n) is 1.47.